The quantitative estimate of drug-likeness (QED) is 0.378. The molecule has 0 aliphatic heterocycles. The van der Waals surface area contributed by atoms with Crippen LogP contribution in [0.2, 0.25) is 0 Å². The first-order valence-corrected chi connectivity index (χ1v) is 7.17. The molecule has 0 heterocycles. The number of aliphatic hydroxyl groups is 1. The Bertz CT molecular complexity index is 761. The molecule has 0 aliphatic carbocycles. The maximum atomic E-state index is 12.0. The molecule has 2 rings (SSSR count). The van der Waals surface area contributed by atoms with Crippen molar-refractivity contribution in [2.75, 3.05) is 6.61 Å². The Labute approximate surface area is 139 Å². The molecule has 2 aromatic rings. The largest absolute Gasteiger partial charge is 0.394 e. The van der Waals surface area contributed by atoms with Gasteiger partial charge in [-0.3, -0.25) is 14.8 Å². The first-order chi connectivity index (χ1) is 11.6. The molecule has 4 N–H and O–H groups in total. The summed E-state index contributed by atoms with van der Waals surface area (Å²) in [6.45, 7) is -0.626. The average molecular weight is 324 g/mol. The van der Waals surface area contributed by atoms with Gasteiger partial charge in [0.2, 0.25) is 0 Å². The summed E-state index contributed by atoms with van der Waals surface area (Å²) in [6, 6.07) is 14.8. The zero-order valence-corrected chi connectivity index (χ0v) is 12.7. The Morgan fingerprint density at radius 1 is 0.958 bits per heavy atom. The molecular formula is C18H16N2O4. The molecule has 0 spiro atoms. The summed E-state index contributed by atoms with van der Waals surface area (Å²) in [5.74, 6) is 4.56. The highest BCUT2D eigenvalue weighted by atomic mass is 16.5. The summed E-state index contributed by atoms with van der Waals surface area (Å²) in [5.41, 5.74) is 3.32. The number of hydroxylamine groups is 1. The van der Waals surface area contributed by atoms with Gasteiger partial charge in [-0.2, -0.15) is 0 Å². The number of carbonyl (C=O) groups excluding carboxylic acids is 2. The van der Waals surface area contributed by atoms with Crippen LogP contribution in [0.1, 0.15) is 21.5 Å². The van der Waals surface area contributed by atoms with Crippen LogP contribution in [0.3, 0.4) is 0 Å². The summed E-state index contributed by atoms with van der Waals surface area (Å²) in [6.07, 6.45) is 0. The minimum Gasteiger partial charge on any atom is -0.394 e. The number of carbonyl (C=O) groups is 2. The Morgan fingerprint density at radius 2 is 1.54 bits per heavy atom. The van der Waals surface area contributed by atoms with Crippen LogP contribution >= 0.6 is 0 Å². The molecule has 6 nitrogen and oxygen atoms in total. The second-order valence-electron chi connectivity index (χ2n) is 4.88. The van der Waals surface area contributed by atoms with Gasteiger partial charge in [0, 0.05) is 16.7 Å². The highest BCUT2D eigenvalue weighted by molar-refractivity contribution is 5.97. The number of benzene rings is 2. The second-order valence-corrected chi connectivity index (χ2v) is 4.88. The smallest absolute Gasteiger partial charge is 0.268 e. The minimum atomic E-state index is -1.22. The van der Waals surface area contributed by atoms with Gasteiger partial charge in [0.15, 0.2) is 0 Å². The molecule has 0 saturated heterocycles. The van der Waals surface area contributed by atoms with E-state index < -0.39 is 24.5 Å². The lowest BCUT2D eigenvalue weighted by Crippen LogP contribution is -2.48. The van der Waals surface area contributed by atoms with E-state index in [2.05, 4.69) is 17.2 Å². The van der Waals surface area contributed by atoms with Crippen molar-refractivity contribution < 1.29 is 19.9 Å². The molecule has 0 aromatic heterocycles. The van der Waals surface area contributed by atoms with Crippen LogP contribution in [0.25, 0.3) is 0 Å². The van der Waals surface area contributed by atoms with Gasteiger partial charge in [-0.05, 0) is 36.4 Å². The van der Waals surface area contributed by atoms with Crippen LogP contribution in [-0.4, -0.2) is 34.8 Å². The summed E-state index contributed by atoms with van der Waals surface area (Å²) in [4.78, 5) is 23.2. The van der Waals surface area contributed by atoms with Gasteiger partial charge in [0.25, 0.3) is 11.8 Å². The van der Waals surface area contributed by atoms with E-state index in [1.54, 1.807) is 24.3 Å². The molecule has 24 heavy (non-hydrogen) atoms. The third-order valence-electron chi connectivity index (χ3n) is 3.19. The summed E-state index contributed by atoms with van der Waals surface area (Å²) in [5, 5.41) is 19.9. The minimum absolute atomic E-state index is 0.310. The van der Waals surface area contributed by atoms with Crippen molar-refractivity contribution in [3.63, 3.8) is 0 Å². The van der Waals surface area contributed by atoms with Gasteiger partial charge in [-0.15, -0.1) is 0 Å². The van der Waals surface area contributed by atoms with Gasteiger partial charge in [0.1, 0.15) is 6.04 Å². The molecule has 122 valence electrons. The van der Waals surface area contributed by atoms with Crippen LogP contribution in [0.5, 0.6) is 0 Å². The maximum Gasteiger partial charge on any atom is 0.268 e. The van der Waals surface area contributed by atoms with Crippen molar-refractivity contribution in [1.82, 2.24) is 10.8 Å². The number of hydrogen-bond donors (Lipinski definition) is 4. The van der Waals surface area contributed by atoms with Crippen molar-refractivity contribution in [2.45, 2.75) is 6.04 Å². The van der Waals surface area contributed by atoms with Crippen LogP contribution in [-0.2, 0) is 4.79 Å². The Hall–Kier alpha value is -3.14. The lowest BCUT2D eigenvalue weighted by Gasteiger charge is -2.13. The topological polar surface area (TPSA) is 98.7 Å². The van der Waals surface area contributed by atoms with Gasteiger partial charge < -0.3 is 10.4 Å². The van der Waals surface area contributed by atoms with Gasteiger partial charge in [0.05, 0.1) is 6.61 Å². The zero-order valence-electron chi connectivity index (χ0n) is 12.7. The molecule has 1 atom stereocenters. The molecule has 0 aliphatic rings. The SMILES string of the molecule is O=C(N[C@H](CO)C(=O)NO)c1ccc(C#Cc2ccccc2)cc1. The van der Waals surface area contributed by atoms with E-state index in [4.69, 9.17) is 10.3 Å². The predicted molar refractivity (Wildman–Crippen MR) is 87.1 cm³/mol. The van der Waals surface area contributed by atoms with Gasteiger partial charge in [-0.25, -0.2) is 5.48 Å². The predicted octanol–water partition coefficient (Wildman–Crippen LogP) is 0.683. The molecule has 0 bridgehead atoms. The standard InChI is InChI=1S/C18H16N2O4/c21-12-16(18(23)20-24)19-17(22)15-10-8-14(9-11-15)7-6-13-4-2-1-3-5-13/h1-5,8-11,16,21,24H,12H2,(H,19,22)(H,20,23)/t16-/m1/s1. The van der Waals surface area contributed by atoms with E-state index in [1.165, 1.54) is 5.48 Å². The number of amides is 2. The molecule has 0 fully saturated rings. The van der Waals surface area contributed by atoms with Crippen molar-refractivity contribution in [3.05, 3.63) is 71.3 Å². The lowest BCUT2D eigenvalue weighted by molar-refractivity contribution is -0.132. The number of aliphatic hydroxyl groups excluding tert-OH is 1. The molecular weight excluding hydrogens is 308 g/mol. The van der Waals surface area contributed by atoms with Crippen molar-refractivity contribution in [1.29, 1.82) is 0 Å². The van der Waals surface area contributed by atoms with Gasteiger partial charge in [-0.1, -0.05) is 30.0 Å². The monoisotopic (exact) mass is 324 g/mol. The molecule has 0 unspecified atom stereocenters. The van der Waals surface area contributed by atoms with E-state index in [-0.39, 0.29) is 0 Å². The molecule has 0 saturated carbocycles. The highest BCUT2D eigenvalue weighted by Gasteiger charge is 2.19. The fourth-order valence-electron chi connectivity index (χ4n) is 1.88. The number of hydrogen-bond acceptors (Lipinski definition) is 4. The molecule has 0 radical (unpaired) electrons. The fourth-order valence-corrected chi connectivity index (χ4v) is 1.88. The molecule has 2 amide bonds. The van der Waals surface area contributed by atoms with Gasteiger partial charge >= 0.3 is 0 Å². The summed E-state index contributed by atoms with van der Waals surface area (Å²) < 4.78 is 0. The first-order valence-electron chi connectivity index (χ1n) is 7.17. The normalized spacial score (nSPS) is 10.9. The van der Waals surface area contributed by atoms with Crippen molar-refractivity contribution in [2.24, 2.45) is 0 Å². The Kier molecular flexibility index (Phi) is 6.08. The van der Waals surface area contributed by atoms with Crippen molar-refractivity contribution >= 4 is 11.8 Å². The van der Waals surface area contributed by atoms with Crippen molar-refractivity contribution in [3.8, 4) is 11.8 Å². The third-order valence-corrected chi connectivity index (χ3v) is 3.19. The lowest BCUT2D eigenvalue weighted by atomic mass is 10.1. The van der Waals surface area contributed by atoms with Crippen LogP contribution in [0.15, 0.2) is 54.6 Å². The van der Waals surface area contributed by atoms with Crippen LogP contribution < -0.4 is 10.8 Å². The third kappa shape index (κ3) is 4.68. The zero-order chi connectivity index (χ0) is 17.4. The van der Waals surface area contributed by atoms with Crippen LogP contribution in [0, 0.1) is 11.8 Å². The molecule has 6 heteroatoms. The molecule has 2 aromatic carbocycles. The summed E-state index contributed by atoms with van der Waals surface area (Å²) >= 11 is 0. The number of nitrogens with one attached hydrogen (secondary N) is 2. The fraction of sp³-hybridized carbons (Fsp3) is 0.111. The summed E-state index contributed by atoms with van der Waals surface area (Å²) in [7, 11) is 0. The number of rotatable bonds is 4. The Balaban J connectivity index is 2.05. The van der Waals surface area contributed by atoms with E-state index in [0.717, 1.165) is 11.1 Å². The van der Waals surface area contributed by atoms with Crippen LogP contribution in [0.4, 0.5) is 0 Å². The van der Waals surface area contributed by atoms with E-state index in [9.17, 15) is 9.59 Å². The second kappa shape index (κ2) is 8.48. The first kappa shape index (κ1) is 17.2. The van der Waals surface area contributed by atoms with E-state index >= 15 is 0 Å². The Morgan fingerprint density at radius 3 is 2.08 bits per heavy atom. The van der Waals surface area contributed by atoms with E-state index in [0.29, 0.717) is 5.56 Å². The maximum absolute atomic E-state index is 12.0. The van der Waals surface area contributed by atoms with E-state index in [1.807, 2.05) is 30.3 Å². The highest BCUT2D eigenvalue weighted by Crippen LogP contribution is 2.05. The average Bonchev–Trinajstić information content (AvgIpc) is 2.64.